The SMILES string of the molecule is Nc1cccc2c1C(=O)N(c1cc(Cl)ccc1Cl)C2=O. The van der Waals surface area contributed by atoms with Gasteiger partial charge < -0.3 is 5.73 Å². The summed E-state index contributed by atoms with van der Waals surface area (Å²) in [5.74, 6) is -0.950. The fourth-order valence-electron chi connectivity index (χ4n) is 2.19. The van der Waals surface area contributed by atoms with Gasteiger partial charge >= 0.3 is 0 Å². The topological polar surface area (TPSA) is 63.4 Å². The van der Waals surface area contributed by atoms with Gasteiger partial charge in [0, 0.05) is 10.7 Å². The van der Waals surface area contributed by atoms with E-state index in [1.165, 1.54) is 12.1 Å². The van der Waals surface area contributed by atoms with Crippen molar-refractivity contribution < 1.29 is 9.59 Å². The predicted molar refractivity (Wildman–Crippen MR) is 78.5 cm³/mol. The van der Waals surface area contributed by atoms with Gasteiger partial charge in [0.1, 0.15) is 0 Å². The Balaban J connectivity index is 2.19. The molecule has 2 aromatic carbocycles. The monoisotopic (exact) mass is 306 g/mol. The molecule has 2 aromatic rings. The number of imide groups is 1. The number of nitrogens with zero attached hydrogens (tertiary/aromatic N) is 1. The van der Waals surface area contributed by atoms with Crippen molar-refractivity contribution in [3.05, 3.63) is 57.6 Å². The normalized spacial score (nSPS) is 13.8. The van der Waals surface area contributed by atoms with E-state index in [4.69, 9.17) is 28.9 Å². The number of rotatable bonds is 1. The Hall–Kier alpha value is -2.04. The van der Waals surface area contributed by atoms with Crippen LogP contribution in [0.3, 0.4) is 0 Å². The Morgan fingerprint density at radius 2 is 1.75 bits per heavy atom. The van der Waals surface area contributed by atoms with Crippen molar-refractivity contribution in [1.82, 2.24) is 0 Å². The lowest BCUT2D eigenvalue weighted by Gasteiger charge is -2.15. The van der Waals surface area contributed by atoms with E-state index in [1.807, 2.05) is 0 Å². The summed E-state index contributed by atoms with van der Waals surface area (Å²) in [6, 6.07) is 9.35. The summed E-state index contributed by atoms with van der Waals surface area (Å²) in [4.78, 5) is 25.8. The predicted octanol–water partition coefficient (Wildman–Crippen LogP) is 3.38. The Labute approximate surface area is 124 Å². The molecule has 0 saturated heterocycles. The molecular weight excluding hydrogens is 299 g/mol. The average molecular weight is 307 g/mol. The van der Waals surface area contributed by atoms with Gasteiger partial charge in [-0.1, -0.05) is 29.3 Å². The molecule has 0 saturated carbocycles. The second kappa shape index (κ2) is 4.51. The molecule has 3 rings (SSSR count). The van der Waals surface area contributed by atoms with E-state index < -0.39 is 11.8 Å². The summed E-state index contributed by atoms with van der Waals surface area (Å²) < 4.78 is 0. The summed E-state index contributed by atoms with van der Waals surface area (Å²) in [6.07, 6.45) is 0. The van der Waals surface area contributed by atoms with Crippen molar-refractivity contribution in [3.63, 3.8) is 0 Å². The number of nitrogen functional groups attached to an aromatic ring is 1. The van der Waals surface area contributed by atoms with Crippen molar-refractivity contribution in [1.29, 1.82) is 0 Å². The van der Waals surface area contributed by atoms with Crippen LogP contribution in [0.1, 0.15) is 20.7 Å². The van der Waals surface area contributed by atoms with Crippen LogP contribution >= 0.6 is 23.2 Å². The molecule has 0 aromatic heterocycles. The average Bonchev–Trinajstić information content (AvgIpc) is 2.66. The van der Waals surface area contributed by atoms with Gasteiger partial charge in [0.05, 0.1) is 21.8 Å². The van der Waals surface area contributed by atoms with Gasteiger partial charge in [-0.2, -0.15) is 0 Å². The minimum atomic E-state index is -0.493. The Bertz CT molecular complexity index is 759. The molecule has 0 atom stereocenters. The van der Waals surface area contributed by atoms with Crippen molar-refractivity contribution in [2.45, 2.75) is 0 Å². The second-order valence-electron chi connectivity index (χ2n) is 4.31. The molecule has 0 unspecified atom stereocenters. The number of anilines is 2. The summed E-state index contributed by atoms with van der Waals surface area (Å²) in [5.41, 5.74) is 6.77. The minimum Gasteiger partial charge on any atom is -0.398 e. The van der Waals surface area contributed by atoms with E-state index in [0.717, 1.165) is 4.90 Å². The van der Waals surface area contributed by atoms with Crippen molar-refractivity contribution in [2.75, 3.05) is 10.6 Å². The second-order valence-corrected chi connectivity index (χ2v) is 5.15. The maximum Gasteiger partial charge on any atom is 0.268 e. The van der Waals surface area contributed by atoms with Crippen LogP contribution in [-0.2, 0) is 0 Å². The maximum atomic E-state index is 12.4. The zero-order chi connectivity index (χ0) is 14.4. The van der Waals surface area contributed by atoms with Gasteiger partial charge in [0.15, 0.2) is 0 Å². The zero-order valence-corrected chi connectivity index (χ0v) is 11.6. The number of halogens is 2. The molecule has 0 radical (unpaired) electrons. The Morgan fingerprint density at radius 3 is 2.45 bits per heavy atom. The third-order valence-electron chi connectivity index (χ3n) is 3.10. The molecule has 4 nitrogen and oxygen atoms in total. The van der Waals surface area contributed by atoms with Gasteiger partial charge in [0.25, 0.3) is 11.8 Å². The summed E-state index contributed by atoms with van der Waals surface area (Å²) in [5, 5.41) is 0.649. The van der Waals surface area contributed by atoms with E-state index >= 15 is 0 Å². The van der Waals surface area contributed by atoms with Crippen LogP contribution in [0.4, 0.5) is 11.4 Å². The molecular formula is C14H8Cl2N2O2. The van der Waals surface area contributed by atoms with Crippen molar-refractivity contribution >= 4 is 46.4 Å². The number of nitrogens with two attached hydrogens (primary N) is 1. The molecule has 0 bridgehead atoms. The largest absolute Gasteiger partial charge is 0.398 e. The van der Waals surface area contributed by atoms with Gasteiger partial charge in [-0.15, -0.1) is 0 Å². The Morgan fingerprint density at radius 1 is 1.00 bits per heavy atom. The molecule has 1 heterocycles. The molecule has 2 amide bonds. The minimum absolute atomic E-state index is 0.202. The third-order valence-corrected chi connectivity index (χ3v) is 3.65. The lowest BCUT2D eigenvalue weighted by molar-refractivity contribution is 0.0926. The summed E-state index contributed by atoms with van der Waals surface area (Å²) in [6.45, 7) is 0. The molecule has 0 aliphatic carbocycles. The van der Waals surface area contributed by atoms with Gasteiger partial charge in [0.2, 0.25) is 0 Å². The van der Waals surface area contributed by atoms with Crippen LogP contribution < -0.4 is 10.6 Å². The summed E-state index contributed by atoms with van der Waals surface area (Å²) >= 11 is 12.0. The van der Waals surface area contributed by atoms with Gasteiger partial charge in [-0.05, 0) is 30.3 Å². The first-order chi connectivity index (χ1) is 9.50. The highest BCUT2D eigenvalue weighted by Crippen LogP contribution is 2.36. The first kappa shape index (κ1) is 13.0. The number of carbonyl (C=O) groups is 2. The number of fused-ring (bicyclic) bond motifs is 1. The standard InChI is InChI=1S/C14H8Cl2N2O2/c15-7-4-5-9(16)11(6-7)18-13(19)8-2-1-3-10(17)12(8)14(18)20/h1-6H,17H2. The van der Waals surface area contributed by atoms with Crippen LogP contribution in [0.15, 0.2) is 36.4 Å². The molecule has 1 aliphatic heterocycles. The van der Waals surface area contributed by atoms with E-state index in [2.05, 4.69) is 0 Å². The molecule has 1 aliphatic rings. The fraction of sp³-hybridized carbons (Fsp3) is 0. The number of carbonyl (C=O) groups excluding carboxylic acids is 2. The fourth-order valence-corrected chi connectivity index (χ4v) is 2.56. The third kappa shape index (κ3) is 1.77. The molecule has 0 spiro atoms. The first-order valence-electron chi connectivity index (χ1n) is 5.73. The first-order valence-corrected chi connectivity index (χ1v) is 6.48. The highest BCUT2D eigenvalue weighted by molar-refractivity contribution is 6.41. The number of amides is 2. The van der Waals surface area contributed by atoms with Gasteiger partial charge in [-0.3, -0.25) is 9.59 Å². The van der Waals surface area contributed by atoms with Crippen LogP contribution in [-0.4, -0.2) is 11.8 Å². The maximum absolute atomic E-state index is 12.4. The van der Waals surface area contributed by atoms with E-state index in [-0.39, 0.29) is 27.5 Å². The molecule has 6 heteroatoms. The summed E-state index contributed by atoms with van der Waals surface area (Å²) in [7, 11) is 0. The molecule has 100 valence electrons. The smallest absolute Gasteiger partial charge is 0.268 e. The lowest BCUT2D eigenvalue weighted by atomic mass is 10.1. The van der Waals surface area contributed by atoms with Crippen LogP contribution in [0.2, 0.25) is 10.0 Å². The molecule has 20 heavy (non-hydrogen) atoms. The van der Waals surface area contributed by atoms with Crippen LogP contribution in [0.25, 0.3) is 0 Å². The van der Waals surface area contributed by atoms with E-state index in [1.54, 1.807) is 24.3 Å². The van der Waals surface area contributed by atoms with Crippen molar-refractivity contribution in [2.24, 2.45) is 0 Å². The van der Waals surface area contributed by atoms with E-state index in [0.29, 0.717) is 5.02 Å². The van der Waals surface area contributed by atoms with E-state index in [9.17, 15) is 9.59 Å². The number of hydrogen-bond donors (Lipinski definition) is 1. The van der Waals surface area contributed by atoms with Crippen LogP contribution in [0.5, 0.6) is 0 Å². The Kier molecular flexibility index (Phi) is 2.92. The molecule has 0 fully saturated rings. The molecule has 2 N–H and O–H groups in total. The zero-order valence-electron chi connectivity index (χ0n) is 10.1. The highest BCUT2D eigenvalue weighted by Gasteiger charge is 2.38. The quantitative estimate of drug-likeness (QED) is 0.649. The highest BCUT2D eigenvalue weighted by atomic mass is 35.5. The lowest BCUT2D eigenvalue weighted by Crippen LogP contribution is -2.29. The number of benzene rings is 2. The van der Waals surface area contributed by atoms with Crippen molar-refractivity contribution in [3.8, 4) is 0 Å². The number of hydrogen-bond acceptors (Lipinski definition) is 3. The van der Waals surface area contributed by atoms with Crippen LogP contribution in [0, 0.1) is 0 Å². The van der Waals surface area contributed by atoms with Gasteiger partial charge in [-0.25, -0.2) is 4.90 Å².